The smallest absolute Gasteiger partial charge is 0.317 e. The summed E-state index contributed by atoms with van der Waals surface area (Å²) in [7, 11) is 4.09. The minimum atomic E-state index is -1.16. The zero-order chi connectivity index (χ0) is 10.8. The largest absolute Gasteiger partial charge is 0.400 e. The van der Waals surface area contributed by atoms with Crippen molar-refractivity contribution in [3.63, 3.8) is 0 Å². The van der Waals surface area contributed by atoms with E-state index in [1.165, 1.54) is 0 Å². The van der Waals surface area contributed by atoms with Gasteiger partial charge in [0.25, 0.3) is 0 Å². The standard InChI is InChI=1S/C7H9N.C3H10O2Si/c1-8-7-5-3-2-4-6-7;1-4-6(3)5-2/h2-6,8H,1H3;6H,1-3H3. The Bertz CT molecular complexity index is 215. The molecule has 80 valence electrons. The molecular formula is C10H19NO2Si. The van der Waals surface area contributed by atoms with Gasteiger partial charge in [0, 0.05) is 27.0 Å². The van der Waals surface area contributed by atoms with Gasteiger partial charge in [0.15, 0.2) is 0 Å². The summed E-state index contributed by atoms with van der Waals surface area (Å²) in [6, 6.07) is 10.1. The lowest BCUT2D eigenvalue weighted by molar-refractivity contribution is 0.285. The Morgan fingerprint density at radius 2 is 1.57 bits per heavy atom. The second-order valence-electron chi connectivity index (χ2n) is 2.66. The first-order chi connectivity index (χ1) is 6.74. The molecule has 14 heavy (non-hydrogen) atoms. The molecule has 0 saturated heterocycles. The van der Waals surface area contributed by atoms with Crippen LogP contribution >= 0.6 is 0 Å². The lowest BCUT2D eigenvalue weighted by atomic mass is 10.3. The Morgan fingerprint density at radius 1 is 1.07 bits per heavy atom. The first-order valence-electron chi connectivity index (χ1n) is 4.53. The average Bonchev–Trinajstić information content (AvgIpc) is 2.30. The van der Waals surface area contributed by atoms with Crippen LogP contribution in [-0.4, -0.2) is 30.6 Å². The Morgan fingerprint density at radius 3 is 1.79 bits per heavy atom. The van der Waals surface area contributed by atoms with Crippen molar-refractivity contribution in [2.24, 2.45) is 0 Å². The molecule has 0 aliphatic heterocycles. The summed E-state index contributed by atoms with van der Waals surface area (Å²) >= 11 is 0. The van der Waals surface area contributed by atoms with Crippen molar-refractivity contribution in [3.05, 3.63) is 30.3 Å². The van der Waals surface area contributed by atoms with Crippen LogP contribution in [0, 0.1) is 0 Å². The van der Waals surface area contributed by atoms with Crippen molar-refractivity contribution in [1.29, 1.82) is 0 Å². The minimum Gasteiger partial charge on any atom is -0.400 e. The molecule has 4 heteroatoms. The fourth-order valence-corrected chi connectivity index (χ4v) is 0.893. The molecule has 0 heterocycles. The molecule has 0 bridgehead atoms. The van der Waals surface area contributed by atoms with E-state index in [0.717, 1.165) is 5.69 Å². The van der Waals surface area contributed by atoms with Gasteiger partial charge in [0.1, 0.15) is 0 Å². The van der Waals surface area contributed by atoms with Crippen LogP contribution in [0.1, 0.15) is 0 Å². The number of nitrogens with one attached hydrogen (secondary N) is 1. The molecule has 0 saturated carbocycles. The maximum absolute atomic E-state index is 4.82. The zero-order valence-electron chi connectivity index (χ0n) is 9.28. The predicted octanol–water partition coefficient (Wildman–Crippen LogP) is 1.86. The van der Waals surface area contributed by atoms with Gasteiger partial charge in [0.2, 0.25) is 0 Å². The SMILES string of the molecule is CNc1ccccc1.CO[SiH](C)OC. The third-order valence-corrected chi connectivity index (χ3v) is 3.05. The summed E-state index contributed by atoms with van der Waals surface area (Å²) in [4.78, 5) is 0. The van der Waals surface area contributed by atoms with Crippen LogP contribution in [0.3, 0.4) is 0 Å². The van der Waals surface area contributed by atoms with Crippen molar-refractivity contribution in [3.8, 4) is 0 Å². The molecule has 1 aromatic rings. The van der Waals surface area contributed by atoms with Crippen LogP contribution in [-0.2, 0) is 8.85 Å². The number of rotatable bonds is 3. The second kappa shape index (κ2) is 8.74. The van der Waals surface area contributed by atoms with Crippen LogP contribution in [0.5, 0.6) is 0 Å². The van der Waals surface area contributed by atoms with Gasteiger partial charge in [-0.3, -0.25) is 0 Å². The van der Waals surface area contributed by atoms with Crippen LogP contribution in [0.25, 0.3) is 0 Å². The number of anilines is 1. The lowest BCUT2D eigenvalue weighted by Crippen LogP contribution is -2.12. The monoisotopic (exact) mass is 213 g/mol. The van der Waals surface area contributed by atoms with E-state index in [4.69, 9.17) is 8.85 Å². The van der Waals surface area contributed by atoms with E-state index in [1.807, 2.05) is 43.9 Å². The zero-order valence-corrected chi connectivity index (χ0v) is 10.4. The van der Waals surface area contributed by atoms with Gasteiger partial charge in [-0.15, -0.1) is 0 Å². The molecule has 0 unspecified atom stereocenters. The van der Waals surface area contributed by atoms with Crippen molar-refractivity contribution >= 4 is 15.0 Å². The van der Waals surface area contributed by atoms with Gasteiger partial charge >= 0.3 is 9.28 Å². The molecule has 1 N–H and O–H groups in total. The quantitative estimate of drug-likeness (QED) is 0.777. The molecule has 0 aromatic heterocycles. The minimum absolute atomic E-state index is 1.16. The van der Waals surface area contributed by atoms with Gasteiger partial charge in [-0.1, -0.05) is 18.2 Å². The van der Waals surface area contributed by atoms with E-state index >= 15 is 0 Å². The second-order valence-corrected chi connectivity index (χ2v) is 4.73. The van der Waals surface area contributed by atoms with Gasteiger partial charge < -0.3 is 14.2 Å². The molecule has 0 spiro atoms. The van der Waals surface area contributed by atoms with Gasteiger partial charge in [-0.05, 0) is 18.7 Å². The predicted molar refractivity (Wildman–Crippen MR) is 63.0 cm³/mol. The topological polar surface area (TPSA) is 30.5 Å². The molecule has 0 aliphatic carbocycles. The summed E-state index contributed by atoms with van der Waals surface area (Å²) in [6.45, 7) is 1.97. The number of para-hydroxylation sites is 1. The highest BCUT2D eigenvalue weighted by Crippen LogP contribution is 2.01. The first-order valence-corrected chi connectivity index (χ1v) is 6.62. The highest BCUT2D eigenvalue weighted by Gasteiger charge is 1.94. The van der Waals surface area contributed by atoms with E-state index in [2.05, 4.69) is 5.32 Å². The molecule has 0 aliphatic rings. The third-order valence-electron chi connectivity index (χ3n) is 1.73. The Labute approximate surface area is 87.9 Å². The normalized spacial score (nSPS) is 9.21. The van der Waals surface area contributed by atoms with E-state index < -0.39 is 9.28 Å². The molecule has 0 fully saturated rings. The Balaban J connectivity index is 0.000000255. The highest BCUT2D eigenvalue weighted by molar-refractivity contribution is 6.42. The van der Waals surface area contributed by atoms with Crippen molar-refractivity contribution in [2.75, 3.05) is 26.6 Å². The number of hydrogen-bond donors (Lipinski definition) is 1. The average molecular weight is 213 g/mol. The summed E-state index contributed by atoms with van der Waals surface area (Å²) in [5, 5.41) is 3.03. The Kier molecular flexibility index (Phi) is 8.22. The lowest BCUT2D eigenvalue weighted by Gasteiger charge is -2.00. The van der Waals surface area contributed by atoms with Gasteiger partial charge in [0.05, 0.1) is 0 Å². The van der Waals surface area contributed by atoms with Crippen LogP contribution in [0.4, 0.5) is 5.69 Å². The third kappa shape index (κ3) is 6.65. The summed E-state index contributed by atoms with van der Waals surface area (Å²) in [5.41, 5.74) is 1.16. The molecule has 0 amide bonds. The van der Waals surface area contributed by atoms with Crippen LogP contribution in [0.15, 0.2) is 30.3 Å². The van der Waals surface area contributed by atoms with Crippen LogP contribution < -0.4 is 5.32 Å². The molecule has 3 nitrogen and oxygen atoms in total. The van der Waals surface area contributed by atoms with E-state index in [0.29, 0.717) is 0 Å². The molecule has 0 radical (unpaired) electrons. The van der Waals surface area contributed by atoms with E-state index in [-0.39, 0.29) is 0 Å². The molecular weight excluding hydrogens is 194 g/mol. The summed E-state index contributed by atoms with van der Waals surface area (Å²) in [5.74, 6) is 0. The van der Waals surface area contributed by atoms with Gasteiger partial charge in [-0.2, -0.15) is 0 Å². The van der Waals surface area contributed by atoms with E-state index in [1.54, 1.807) is 14.2 Å². The van der Waals surface area contributed by atoms with E-state index in [9.17, 15) is 0 Å². The molecule has 0 atom stereocenters. The fraction of sp³-hybridized carbons (Fsp3) is 0.400. The van der Waals surface area contributed by atoms with Crippen molar-refractivity contribution in [2.45, 2.75) is 6.55 Å². The summed E-state index contributed by atoms with van der Waals surface area (Å²) < 4.78 is 9.63. The number of benzene rings is 1. The Hall–Kier alpha value is -0.843. The fourth-order valence-electron chi connectivity index (χ4n) is 0.701. The van der Waals surface area contributed by atoms with Crippen LogP contribution in [0.2, 0.25) is 6.55 Å². The maximum atomic E-state index is 4.82. The van der Waals surface area contributed by atoms with Crippen molar-refractivity contribution in [1.82, 2.24) is 0 Å². The summed E-state index contributed by atoms with van der Waals surface area (Å²) in [6.07, 6.45) is 0. The first kappa shape index (κ1) is 13.2. The highest BCUT2D eigenvalue weighted by atomic mass is 28.3. The molecule has 1 rings (SSSR count). The number of hydrogen-bond acceptors (Lipinski definition) is 3. The van der Waals surface area contributed by atoms with Crippen molar-refractivity contribution < 1.29 is 8.85 Å². The maximum Gasteiger partial charge on any atom is 0.317 e. The molecule has 1 aromatic carbocycles. The van der Waals surface area contributed by atoms with Gasteiger partial charge in [-0.25, -0.2) is 0 Å².